The van der Waals surface area contributed by atoms with Crippen molar-refractivity contribution in [1.29, 1.82) is 0 Å². The van der Waals surface area contributed by atoms with Crippen molar-refractivity contribution in [2.45, 2.75) is 20.8 Å². The first-order valence-corrected chi connectivity index (χ1v) is 9.67. The predicted octanol–water partition coefficient (Wildman–Crippen LogP) is 3.62. The van der Waals surface area contributed by atoms with Crippen LogP contribution in [0, 0.1) is 20.8 Å². The van der Waals surface area contributed by atoms with E-state index < -0.39 is 17.5 Å². The molecule has 1 aromatic heterocycles. The molecule has 1 heterocycles. The summed E-state index contributed by atoms with van der Waals surface area (Å²) in [5.74, 6) is -0.322. The van der Waals surface area contributed by atoms with Crippen molar-refractivity contribution in [3.63, 3.8) is 0 Å². The molecule has 0 aliphatic heterocycles. The fourth-order valence-electron chi connectivity index (χ4n) is 3.02. The molecule has 0 aliphatic rings. The number of fused-ring (bicyclic) bond motifs is 1. The van der Waals surface area contributed by atoms with Crippen LogP contribution in [0.15, 0.2) is 58.3 Å². The lowest BCUT2D eigenvalue weighted by atomic mass is 10.1. The average Bonchev–Trinajstić information content (AvgIpc) is 2.73. The van der Waals surface area contributed by atoms with E-state index in [-0.39, 0.29) is 30.0 Å². The molecule has 160 valence electrons. The van der Waals surface area contributed by atoms with Crippen molar-refractivity contribution in [1.82, 2.24) is 5.32 Å². The van der Waals surface area contributed by atoms with Crippen LogP contribution in [-0.2, 0) is 4.79 Å². The Morgan fingerprint density at radius 2 is 1.90 bits per heavy atom. The summed E-state index contributed by atoms with van der Waals surface area (Å²) in [7, 11) is 0. The highest BCUT2D eigenvalue weighted by molar-refractivity contribution is 5.96. The van der Waals surface area contributed by atoms with Crippen molar-refractivity contribution < 1.29 is 23.5 Å². The van der Waals surface area contributed by atoms with Crippen LogP contribution >= 0.6 is 0 Å². The zero-order valence-electron chi connectivity index (χ0n) is 17.6. The molecule has 0 aliphatic carbocycles. The minimum Gasteiger partial charge on any atom is -0.482 e. The van der Waals surface area contributed by atoms with Gasteiger partial charge in [0.2, 0.25) is 0 Å². The van der Waals surface area contributed by atoms with Gasteiger partial charge in [-0.2, -0.15) is 0 Å². The van der Waals surface area contributed by atoms with Crippen LogP contribution in [0.4, 0.5) is 0 Å². The van der Waals surface area contributed by atoms with Gasteiger partial charge in [0.15, 0.2) is 6.61 Å². The summed E-state index contributed by atoms with van der Waals surface area (Å²) in [6.45, 7) is 9.32. The van der Waals surface area contributed by atoms with E-state index in [1.54, 1.807) is 12.1 Å². The number of benzene rings is 2. The maximum Gasteiger partial charge on any atom is 0.349 e. The molecule has 0 spiro atoms. The monoisotopic (exact) mass is 421 g/mol. The Bertz CT molecular complexity index is 1220. The second-order valence-electron chi connectivity index (χ2n) is 7.11. The van der Waals surface area contributed by atoms with Gasteiger partial charge >= 0.3 is 11.6 Å². The molecule has 7 nitrogen and oxygen atoms in total. The largest absolute Gasteiger partial charge is 0.482 e. The van der Waals surface area contributed by atoms with E-state index in [1.165, 1.54) is 18.2 Å². The lowest BCUT2D eigenvalue weighted by Gasteiger charge is -2.12. The van der Waals surface area contributed by atoms with E-state index in [4.69, 9.17) is 13.9 Å². The van der Waals surface area contributed by atoms with E-state index >= 15 is 0 Å². The van der Waals surface area contributed by atoms with E-state index in [1.807, 2.05) is 32.9 Å². The van der Waals surface area contributed by atoms with Gasteiger partial charge in [0.05, 0.1) is 0 Å². The molecule has 0 atom stereocenters. The zero-order valence-corrected chi connectivity index (χ0v) is 17.6. The molecule has 0 saturated carbocycles. The third kappa shape index (κ3) is 5.19. The van der Waals surface area contributed by atoms with Crippen molar-refractivity contribution in [3.8, 4) is 11.5 Å². The highest BCUT2D eigenvalue weighted by Crippen LogP contribution is 2.24. The van der Waals surface area contributed by atoms with Crippen molar-refractivity contribution in [2.24, 2.45) is 0 Å². The smallest absolute Gasteiger partial charge is 0.349 e. The first-order chi connectivity index (χ1) is 14.8. The highest BCUT2D eigenvalue weighted by Gasteiger charge is 2.15. The van der Waals surface area contributed by atoms with E-state index in [9.17, 15) is 14.4 Å². The van der Waals surface area contributed by atoms with E-state index in [0.29, 0.717) is 11.1 Å². The SMILES string of the molecule is C=CCNC(=O)c1cc2ccc(OC(=O)COc3cc(C)cc(C)c3C)cc2oc1=O. The number of amides is 1. The first-order valence-electron chi connectivity index (χ1n) is 9.67. The standard InChI is InChI=1S/C24H23NO6/c1-5-8-25-23(27)19-11-17-6-7-18(12-21(17)31-24(19)28)30-22(26)13-29-20-10-14(2)9-15(3)16(20)4/h5-7,9-12H,1,8,13H2,2-4H3,(H,25,27). The van der Waals surface area contributed by atoms with Crippen LogP contribution < -0.4 is 20.4 Å². The number of hydrogen-bond acceptors (Lipinski definition) is 6. The molecule has 0 bridgehead atoms. The first kappa shape index (κ1) is 21.8. The number of aryl methyl sites for hydroxylation is 2. The number of carbonyl (C=O) groups is 2. The van der Waals surface area contributed by atoms with Gasteiger partial charge in [0.1, 0.15) is 22.6 Å². The number of nitrogens with one attached hydrogen (secondary N) is 1. The van der Waals surface area contributed by atoms with Crippen molar-refractivity contribution >= 4 is 22.8 Å². The summed E-state index contributed by atoms with van der Waals surface area (Å²) in [5.41, 5.74) is 2.36. The van der Waals surface area contributed by atoms with Gasteiger partial charge in [-0.1, -0.05) is 12.1 Å². The number of hydrogen-bond donors (Lipinski definition) is 1. The van der Waals surface area contributed by atoms with Crippen LogP contribution in [0.1, 0.15) is 27.0 Å². The number of carbonyl (C=O) groups excluding carboxylic acids is 2. The molecule has 31 heavy (non-hydrogen) atoms. The third-order valence-corrected chi connectivity index (χ3v) is 4.70. The quantitative estimate of drug-likeness (QED) is 0.271. The minimum absolute atomic E-state index is 0.115. The Kier molecular flexibility index (Phi) is 6.55. The average molecular weight is 421 g/mol. The molecular formula is C24H23NO6. The maximum absolute atomic E-state index is 12.2. The van der Waals surface area contributed by atoms with Gasteiger partial charge in [0.25, 0.3) is 5.91 Å². The van der Waals surface area contributed by atoms with Gasteiger partial charge in [-0.15, -0.1) is 6.58 Å². The molecule has 0 saturated heterocycles. The summed E-state index contributed by atoms with van der Waals surface area (Å²) in [6, 6.07) is 9.90. The van der Waals surface area contributed by atoms with E-state index in [2.05, 4.69) is 11.9 Å². The van der Waals surface area contributed by atoms with Crippen LogP contribution in [0.2, 0.25) is 0 Å². The van der Waals surface area contributed by atoms with Crippen LogP contribution in [0.5, 0.6) is 11.5 Å². The summed E-state index contributed by atoms with van der Waals surface area (Å²) in [4.78, 5) is 36.4. The molecule has 2 aromatic carbocycles. The molecule has 3 aromatic rings. The zero-order chi connectivity index (χ0) is 22.5. The summed E-state index contributed by atoms with van der Waals surface area (Å²) < 4.78 is 16.1. The maximum atomic E-state index is 12.2. The van der Waals surface area contributed by atoms with Gasteiger partial charge in [0, 0.05) is 18.0 Å². The van der Waals surface area contributed by atoms with Crippen molar-refractivity contribution in [2.75, 3.05) is 13.2 Å². The molecule has 1 N–H and O–H groups in total. The second-order valence-corrected chi connectivity index (χ2v) is 7.11. The van der Waals surface area contributed by atoms with Crippen LogP contribution in [-0.4, -0.2) is 25.0 Å². The topological polar surface area (TPSA) is 94.8 Å². The normalized spacial score (nSPS) is 10.5. The molecule has 0 fully saturated rings. The number of ether oxygens (including phenoxy) is 2. The van der Waals surface area contributed by atoms with Crippen molar-refractivity contribution in [3.05, 3.63) is 81.7 Å². The summed E-state index contributed by atoms with van der Waals surface area (Å²) in [5, 5.41) is 3.05. The van der Waals surface area contributed by atoms with Gasteiger partial charge in [-0.05, 0) is 61.7 Å². The van der Waals surface area contributed by atoms with Gasteiger partial charge in [-0.3, -0.25) is 4.79 Å². The fraction of sp³-hybridized carbons (Fsp3) is 0.208. The summed E-state index contributed by atoms with van der Waals surface area (Å²) >= 11 is 0. The Morgan fingerprint density at radius 3 is 2.65 bits per heavy atom. The Labute approximate surface area is 179 Å². The molecule has 0 radical (unpaired) electrons. The molecule has 0 unspecified atom stereocenters. The van der Waals surface area contributed by atoms with Crippen LogP contribution in [0.25, 0.3) is 11.0 Å². The highest BCUT2D eigenvalue weighted by atomic mass is 16.6. The molecule has 7 heteroatoms. The Balaban J connectivity index is 1.72. The molecule has 3 rings (SSSR count). The Hall–Kier alpha value is -3.87. The van der Waals surface area contributed by atoms with Gasteiger partial charge in [-0.25, -0.2) is 9.59 Å². The third-order valence-electron chi connectivity index (χ3n) is 4.70. The van der Waals surface area contributed by atoms with E-state index in [0.717, 1.165) is 16.7 Å². The molecular weight excluding hydrogens is 398 g/mol. The fourth-order valence-corrected chi connectivity index (χ4v) is 3.02. The van der Waals surface area contributed by atoms with Gasteiger partial charge < -0.3 is 19.2 Å². The van der Waals surface area contributed by atoms with Crippen LogP contribution in [0.3, 0.4) is 0 Å². The number of rotatable bonds is 7. The number of esters is 1. The Morgan fingerprint density at radius 1 is 1.13 bits per heavy atom. The minimum atomic E-state index is -0.786. The second kappa shape index (κ2) is 9.30. The lowest BCUT2D eigenvalue weighted by Crippen LogP contribution is -2.28. The lowest BCUT2D eigenvalue weighted by molar-refractivity contribution is -0.136. The molecule has 1 amide bonds. The summed E-state index contributed by atoms with van der Waals surface area (Å²) in [6.07, 6.45) is 1.51. The predicted molar refractivity (Wildman–Crippen MR) is 117 cm³/mol.